The van der Waals surface area contributed by atoms with Crippen LogP contribution in [0.5, 0.6) is 5.75 Å². The topological polar surface area (TPSA) is 123 Å². The van der Waals surface area contributed by atoms with Gasteiger partial charge in [0.1, 0.15) is 17.3 Å². The predicted molar refractivity (Wildman–Crippen MR) is 105 cm³/mol. The summed E-state index contributed by atoms with van der Waals surface area (Å²) in [6, 6.07) is 3.08. The van der Waals surface area contributed by atoms with E-state index in [-0.39, 0.29) is 23.8 Å². The second kappa shape index (κ2) is 9.49. The lowest BCUT2D eigenvalue weighted by Crippen LogP contribution is -2.12. The first-order chi connectivity index (χ1) is 13.9. The Morgan fingerprint density at radius 1 is 1.34 bits per heavy atom. The Bertz CT molecular complexity index is 877. The summed E-state index contributed by atoms with van der Waals surface area (Å²) in [6.45, 7) is 2.07. The molecule has 1 fully saturated rings. The molecule has 2 heterocycles. The molecule has 1 aromatic carbocycles. The predicted octanol–water partition coefficient (Wildman–Crippen LogP) is 2.88. The second-order valence-electron chi connectivity index (χ2n) is 7.43. The maximum Gasteiger partial charge on any atom is 0.288 e. The van der Waals surface area contributed by atoms with E-state index in [9.17, 15) is 14.0 Å². The molecular formula is C20H26FN5O3. The molecule has 2 amide bonds. The van der Waals surface area contributed by atoms with Crippen molar-refractivity contribution in [1.82, 2.24) is 15.2 Å². The first kappa shape index (κ1) is 20.8. The normalized spacial score (nSPS) is 16.1. The van der Waals surface area contributed by atoms with Crippen LogP contribution in [0.3, 0.4) is 0 Å². The molecule has 2 aromatic rings. The Labute approximate surface area is 168 Å². The van der Waals surface area contributed by atoms with E-state index in [4.69, 9.17) is 10.5 Å². The lowest BCUT2D eigenvalue weighted by Gasteiger charge is -2.08. The summed E-state index contributed by atoms with van der Waals surface area (Å²) in [6.07, 6.45) is 7.63. The molecule has 156 valence electrons. The molecule has 4 rings (SSSR count). The van der Waals surface area contributed by atoms with Crippen LogP contribution in [0.25, 0.3) is 0 Å². The zero-order chi connectivity index (χ0) is 20.8. The van der Waals surface area contributed by atoms with Gasteiger partial charge in [0, 0.05) is 6.42 Å². The number of benzene rings is 1. The van der Waals surface area contributed by atoms with E-state index >= 15 is 0 Å². The minimum absolute atomic E-state index is 0.0939. The van der Waals surface area contributed by atoms with E-state index in [0.717, 1.165) is 30.1 Å². The number of nitrogens with zero attached hydrogens (tertiary/aromatic N) is 2. The third kappa shape index (κ3) is 5.75. The maximum atomic E-state index is 13.4. The van der Waals surface area contributed by atoms with Crippen molar-refractivity contribution in [2.75, 3.05) is 11.9 Å². The van der Waals surface area contributed by atoms with Crippen molar-refractivity contribution in [2.24, 2.45) is 11.7 Å². The maximum absolute atomic E-state index is 13.4. The first-order valence-corrected chi connectivity index (χ1v) is 9.86. The van der Waals surface area contributed by atoms with Crippen molar-refractivity contribution in [3.05, 3.63) is 35.2 Å². The molecule has 1 saturated carbocycles. The second-order valence-corrected chi connectivity index (χ2v) is 7.43. The van der Waals surface area contributed by atoms with Gasteiger partial charge in [-0.25, -0.2) is 9.37 Å². The summed E-state index contributed by atoms with van der Waals surface area (Å²) >= 11 is 0. The van der Waals surface area contributed by atoms with E-state index in [1.807, 2.05) is 0 Å². The molecule has 1 aliphatic heterocycles. The summed E-state index contributed by atoms with van der Waals surface area (Å²) in [5, 5.41) is 8.98. The number of anilines is 1. The molecule has 1 aliphatic carbocycles. The van der Waals surface area contributed by atoms with Gasteiger partial charge in [-0.2, -0.15) is 0 Å². The van der Waals surface area contributed by atoms with Gasteiger partial charge in [0.25, 0.3) is 5.91 Å². The summed E-state index contributed by atoms with van der Waals surface area (Å²) in [5.74, 6) is 0.868. The Morgan fingerprint density at radius 3 is 2.79 bits per heavy atom. The van der Waals surface area contributed by atoms with Crippen molar-refractivity contribution >= 4 is 17.5 Å². The highest BCUT2D eigenvalue weighted by Crippen LogP contribution is 2.31. The van der Waals surface area contributed by atoms with Crippen molar-refractivity contribution in [2.45, 2.75) is 51.9 Å². The number of halogens is 1. The Kier molecular flexibility index (Phi) is 6.79. The zero-order valence-electron chi connectivity index (χ0n) is 16.5. The van der Waals surface area contributed by atoms with E-state index in [0.29, 0.717) is 12.4 Å². The van der Waals surface area contributed by atoms with Gasteiger partial charge in [0.15, 0.2) is 5.82 Å². The van der Waals surface area contributed by atoms with Crippen LogP contribution in [0.2, 0.25) is 0 Å². The van der Waals surface area contributed by atoms with Gasteiger partial charge in [0.2, 0.25) is 11.7 Å². The van der Waals surface area contributed by atoms with Crippen LogP contribution < -0.4 is 15.8 Å². The molecule has 8 nitrogen and oxygen atoms in total. The third-order valence-electron chi connectivity index (χ3n) is 5.07. The average molecular weight is 403 g/mol. The molecule has 4 N–H and O–H groups in total. The zero-order valence-corrected chi connectivity index (χ0v) is 16.5. The number of aromatic nitrogens is 3. The number of carbonyl (C=O) groups is 2. The molecule has 0 spiro atoms. The lowest BCUT2D eigenvalue weighted by molar-refractivity contribution is -0.116. The van der Waals surface area contributed by atoms with Gasteiger partial charge in [-0.3, -0.25) is 14.7 Å². The largest absolute Gasteiger partial charge is 0.491 e. The summed E-state index contributed by atoms with van der Waals surface area (Å²) in [4.78, 5) is 25.9. The quantitative estimate of drug-likeness (QED) is 0.724. The number of nitrogens with two attached hydrogens (primary N) is 1. The van der Waals surface area contributed by atoms with Crippen molar-refractivity contribution in [3.63, 3.8) is 0 Å². The number of carbonyl (C=O) groups excluding carboxylic acids is 2. The van der Waals surface area contributed by atoms with Gasteiger partial charge in [-0.05, 0) is 37.0 Å². The highest BCUT2D eigenvalue weighted by Gasteiger charge is 2.18. The number of amides is 2. The molecule has 0 atom stereocenters. The molecule has 2 aliphatic rings. The number of hydrogen-bond donors (Lipinski definition) is 3. The van der Waals surface area contributed by atoms with Gasteiger partial charge in [-0.1, -0.05) is 25.7 Å². The number of rotatable bonds is 4. The van der Waals surface area contributed by atoms with Crippen LogP contribution in [-0.2, 0) is 11.2 Å². The number of nitrogens with one attached hydrogen (secondary N) is 2. The third-order valence-corrected chi connectivity index (χ3v) is 5.07. The highest BCUT2D eigenvalue weighted by atomic mass is 19.1. The number of H-pyrrole nitrogens is 1. The number of aromatic amines is 1. The van der Waals surface area contributed by atoms with Gasteiger partial charge >= 0.3 is 0 Å². The first-order valence-electron chi connectivity index (χ1n) is 9.86. The smallest absolute Gasteiger partial charge is 0.288 e. The fourth-order valence-corrected chi connectivity index (χ4v) is 3.56. The highest BCUT2D eigenvalue weighted by molar-refractivity contribution is 5.93. The van der Waals surface area contributed by atoms with Gasteiger partial charge in [-0.15, -0.1) is 5.10 Å². The van der Waals surface area contributed by atoms with Crippen LogP contribution in [-0.4, -0.2) is 33.6 Å². The monoisotopic (exact) mass is 403 g/mol. The molecule has 1 aromatic heterocycles. The molecule has 9 heteroatoms. The van der Waals surface area contributed by atoms with Crippen LogP contribution in [0, 0.1) is 18.7 Å². The summed E-state index contributed by atoms with van der Waals surface area (Å²) in [7, 11) is 0. The van der Waals surface area contributed by atoms with Crippen molar-refractivity contribution in [1.29, 1.82) is 0 Å². The van der Waals surface area contributed by atoms with Crippen molar-refractivity contribution in [3.8, 4) is 5.75 Å². The van der Waals surface area contributed by atoms with E-state index in [1.165, 1.54) is 31.7 Å². The SMILES string of the molecule is Cc1cc(F)c2c(c1)OCCC(=O)N2.NC(=O)c1n[nH]c(CCC2CCCC2)n1. The van der Waals surface area contributed by atoms with Crippen LogP contribution >= 0.6 is 0 Å². The van der Waals surface area contributed by atoms with Crippen LogP contribution in [0.1, 0.15) is 60.5 Å². The molecule has 0 radical (unpaired) electrons. The van der Waals surface area contributed by atoms with E-state index in [2.05, 4.69) is 20.5 Å². The Morgan fingerprint density at radius 2 is 2.10 bits per heavy atom. The lowest BCUT2D eigenvalue weighted by atomic mass is 10.0. The van der Waals surface area contributed by atoms with Crippen molar-refractivity contribution < 1.29 is 18.7 Å². The molecular weight excluding hydrogens is 377 g/mol. The number of primary amides is 1. The van der Waals surface area contributed by atoms with E-state index in [1.54, 1.807) is 13.0 Å². The molecule has 0 bridgehead atoms. The number of hydrogen-bond acceptors (Lipinski definition) is 5. The Balaban J connectivity index is 0.000000166. The number of ether oxygens (including phenoxy) is 1. The fourth-order valence-electron chi connectivity index (χ4n) is 3.56. The fraction of sp³-hybridized carbons (Fsp3) is 0.500. The standard InChI is InChI=1S/C10H10FNO2.C10H16N4O/c1-6-4-7(11)10-8(5-6)14-3-2-9(13)12-10;11-9(15)10-12-8(13-14-10)6-5-7-3-1-2-4-7/h4-5H,2-3H2,1H3,(H,12,13);7H,1-6H2,(H2,11,15)(H,12,13,14). The number of fused-ring (bicyclic) bond motifs is 1. The summed E-state index contributed by atoms with van der Waals surface area (Å²) in [5.41, 5.74) is 5.99. The minimum atomic E-state index is -0.571. The summed E-state index contributed by atoms with van der Waals surface area (Å²) < 4.78 is 18.6. The van der Waals surface area contributed by atoms with Gasteiger partial charge in [0.05, 0.1) is 13.0 Å². The van der Waals surface area contributed by atoms with Crippen LogP contribution in [0.15, 0.2) is 12.1 Å². The molecule has 0 saturated heterocycles. The minimum Gasteiger partial charge on any atom is -0.491 e. The van der Waals surface area contributed by atoms with E-state index < -0.39 is 11.7 Å². The number of aryl methyl sites for hydroxylation is 2. The average Bonchev–Trinajstić information content (AvgIpc) is 3.31. The van der Waals surface area contributed by atoms with Crippen LogP contribution in [0.4, 0.5) is 10.1 Å². The Hall–Kier alpha value is -2.97. The van der Waals surface area contributed by atoms with Gasteiger partial charge < -0.3 is 15.8 Å². The molecule has 0 unspecified atom stereocenters. The molecule has 29 heavy (non-hydrogen) atoms.